The van der Waals surface area contributed by atoms with Crippen molar-refractivity contribution in [3.05, 3.63) is 46.2 Å². The summed E-state index contributed by atoms with van der Waals surface area (Å²) in [5.74, 6) is 0.836. The fourth-order valence-corrected chi connectivity index (χ4v) is 2.98. The third-order valence-electron chi connectivity index (χ3n) is 4.49. The van der Waals surface area contributed by atoms with Crippen LogP contribution in [0.15, 0.2) is 29.0 Å². The van der Waals surface area contributed by atoms with Gasteiger partial charge < -0.3 is 9.32 Å². The second-order valence-electron chi connectivity index (χ2n) is 6.19. The van der Waals surface area contributed by atoms with Crippen LogP contribution >= 0.6 is 0 Å². The molecule has 9 heteroatoms. The second kappa shape index (κ2) is 7.06. The number of aromatic nitrogens is 2. The average molecular weight is 347 g/mol. The van der Waals surface area contributed by atoms with E-state index in [1.54, 1.807) is 25.0 Å². The first kappa shape index (κ1) is 17.2. The molecule has 1 saturated heterocycles. The Morgan fingerprint density at radius 2 is 2.12 bits per heavy atom. The number of rotatable bonds is 5. The van der Waals surface area contributed by atoms with Crippen LogP contribution < -0.4 is 0 Å². The molecule has 1 unspecified atom stereocenters. The smallest absolute Gasteiger partial charge is 0.309 e. The molecule has 134 valence electrons. The first-order valence-corrected chi connectivity index (χ1v) is 8.19. The molecule has 2 aromatic heterocycles. The minimum absolute atomic E-state index is 0.0667. The van der Waals surface area contributed by atoms with Crippen LogP contribution in [0.4, 0.5) is 5.69 Å². The summed E-state index contributed by atoms with van der Waals surface area (Å²) in [6.45, 7) is 6.77. The van der Waals surface area contributed by atoms with E-state index in [1.165, 1.54) is 10.9 Å². The maximum absolute atomic E-state index is 12.7. The molecule has 1 atom stereocenters. The lowest BCUT2D eigenvalue weighted by Gasteiger charge is -2.35. The highest BCUT2D eigenvalue weighted by Crippen LogP contribution is 2.20. The molecule has 0 bridgehead atoms. The van der Waals surface area contributed by atoms with E-state index in [2.05, 4.69) is 10.00 Å². The monoisotopic (exact) mass is 347 g/mol. The number of furan rings is 1. The highest BCUT2D eigenvalue weighted by Gasteiger charge is 2.28. The number of nitrogens with zero attached hydrogens (tertiary/aromatic N) is 5. The minimum atomic E-state index is -0.566. The number of carbonyl (C=O) groups excluding carboxylic acids is 1. The Kier molecular flexibility index (Phi) is 4.84. The fraction of sp³-hybridized carbons (Fsp3) is 0.500. The third kappa shape index (κ3) is 3.71. The van der Waals surface area contributed by atoms with Crippen LogP contribution in [-0.2, 0) is 11.3 Å². The van der Waals surface area contributed by atoms with Gasteiger partial charge in [-0.2, -0.15) is 5.10 Å². The third-order valence-corrected chi connectivity index (χ3v) is 4.49. The number of amides is 1. The average Bonchev–Trinajstić information content (AvgIpc) is 3.23. The normalized spacial score (nSPS) is 16.8. The van der Waals surface area contributed by atoms with Gasteiger partial charge in [-0.1, -0.05) is 0 Å². The first-order chi connectivity index (χ1) is 12.0. The Morgan fingerprint density at radius 1 is 1.40 bits per heavy atom. The summed E-state index contributed by atoms with van der Waals surface area (Å²) in [5.41, 5.74) is 0.246. The topological polar surface area (TPSA) is 97.7 Å². The largest absolute Gasteiger partial charge is 0.468 e. The molecule has 2 aromatic rings. The van der Waals surface area contributed by atoms with Gasteiger partial charge in [0.25, 0.3) is 0 Å². The molecule has 0 radical (unpaired) electrons. The number of piperazine rings is 1. The van der Waals surface area contributed by atoms with Gasteiger partial charge in [0, 0.05) is 26.2 Å². The van der Waals surface area contributed by atoms with E-state index in [0.717, 1.165) is 25.4 Å². The molecule has 9 nitrogen and oxygen atoms in total. The van der Waals surface area contributed by atoms with Crippen molar-refractivity contribution in [2.24, 2.45) is 0 Å². The molecule has 0 spiro atoms. The molecule has 0 aliphatic carbocycles. The first-order valence-electron chi connectivity index (χ1n) is 8.19. The van der Waals surface area contributed by atoms with Gasteiger partial charge >= 0.3 is 5.69 Å². The molecular weight excluding hydrogens is 326 g/mol. The second-order valence-corrected chi connectivity index (χ2v) is 6.19. The molecule has 1 aliphatic heterocycles. The maximum atomic E-state index is 12.7. The van der Waals surface area contributed by atoms with Gasteiger partial charge in [-0.05, 0) is 26.0 Å². The summed E-state index contributed by atoms with van der Waals surface area (Å²) < 4.78 is 6.73. The van der Waals surface area contributed by atoms with Crippen molar-refractivity contribution in [3.8, 4) is 0 Å². The number of hydrogen-bond acceptors (Lipinski definition) is 6. The Bertz CT molecular complexity index is 747. The fourth-order valence-electron chi connectivity index (χ4n) is 2.98. The molecule has 1 aliphatic rings. The molecule has 3 heterocycles. The number of nitro groups is 1. The molecule has 25 heavy (non-hydrogen) atoms. The quantitative estimate of drug-likeness (QED) is 0.602. The molecule has 3 rings (SSSR count). The van der Waals surface area contributed by atoms with Gasteiger partial charge in [-0.25, -0.2) is 0 Å². The molecule has 1 amide bonds. The van der Waals surface area contributed by atoms with Gasteiger partial charge in [-0.3, -0.25) is 24.5 Å². The standard InChI is InChI=1S/C16H21N5O4/c1-12-15(21(23)24)11-20(17-12)13(2)16(22)19-7-5-18(6-8-19)10-14-4-3-9-25-14/h3-4,9,11,13H,5-8,10H2,1-2H3. The van der Waals surface area contributed by atoms with E-state index in [9.17, 15) is 14.9 Å². The summed E-state index contributed by atoms with van der Waals surface area (Å²) in [6.07, 6.45) is 2.98. The van der Waals surface area contributed by atoms with Crippen LogP contribution in [0.5, 0.6) is 0 Å². The SMILES string of the molecule is Cc1nn(C(C)C(=O)N2CCN(Cc3ccco3)CC2)cc1[N+](=O)[O-]. The lowest BCUT2D eigenvalue weighted by Crippen LogP contribution is -2.49. The van der Waals surface area contributed by atoms with E-state index in [1.807, 2.05) is 12.1 Å². The van der Waals surface area contributed by atoms with Crippen LogP contribution in [0.1, 0.15) is 24.4 Å². The maximum Gasteiger partial charge on any atom is 0.309 e. The van der Waals surface area contributed by atoms with Crippen molar-refractivity contribution >= 4 is 11.6 Å². The van der Waals surface area contributed by atoms with E-state index in [-0.39, 0.29) is 11.6 Å². The Balaban J connectivity index is 1.58. The van der Waals surface area contributed by atoms with Crippen LogP contribution in [0.3, 0.4) is 0 Å². The van der Waals surface area contributed by atoms with E-state index in [0.29, 0.717) is 18.8 Å². The van der Waals surface area contributed by atoms with Crippen LogP contribution in [0, 0.1) is 17.0 Å². The molecule has 0 N–H and O–H groups in total. The Labute approximate surface area is 145 Å². The van der Waals surface area contributed by atoms with Crippen molar-refractivity contribution in [2.45, 2.75) is 26.4 Å². The Morgan fingerprint density at radius 3 is 2.68 bits per heavy atom. The summed E-state index contributed by atoms with van der Waals surface area (Å²) in [6, 6.07) is 3.23. The zero-order chi connectivity index (χ0) is 18.0. The number of aryl methyl sites for hydroxylation is 1. The summed E-state index contributed by atoms with van der Waals surface area (Å²) in [5, 5.41) is 15.1. The van der Waals surface area contributed by atoms with E-state index < -0.39 is 11.0 Å². The van der Waals surface area contributed by atoms with Crippen molar-refractivity contribution in [1.29, 1.82) is 0 Å². The molecule has 0 saturated carbocycles. The van der Waals surface area contributed by atoms with Crippen LogP contribution in [0.25, 0.3) is 0 Å². The minimum Gasteiger partial charge on any atom is -0.468 e. The van der Waals surface area contributed by atoms with Crippen molar-refractivity contribution in [3.63, 3.8) is 0 Å². The number of carbonyl (C=O) groups is 1. The summed E-state index contributed by atoms with van der Waals surface area (Å²) >= 11 is 0. The predicted octanol–water partition coefficient (Wildman–Crippen LogP) is 1.60. The van der Waals surface area contributed by atoms with Gasteiger partial charge in [0.1, 0.15) is 23.7 Å². The number of hydrogen-bond donors (Lipinski definition) is 0. The van der Waals surface area contributed by atoms with Crippen molar-refractivity contribution in [1.82, 2.24) is 19.6 Å². The zero-order valence-electron chi connectivity index (χ0n) is 14.3. The highest BCUT2D eigenvalue weighted by atomic mass is 16.6. The molecular formula is C16H21N5O4. The lowest BCUT2D eigenvalue weighted by molar-refractivity contribution is -0.385. The predicted molar refractivity (Wildman–Crippen MR) is 88.9 cm³/mol. The summed E-state index contributed by atoms with van der Waals surface area (Å²) in [4.78, 5) is 27.1. The highest BCUT2D eigenvalue weighted by molar-refractivity contribution is 5.80. The van der Waals surface area contributed by atoms with Gasteiger partial charge in [0.2, 0.25) is 5.91 Å². The summed E-state index contributed by atoms with van der Waals surface area (Å²) in [7, 11) is 0. The van der Waals surface area contributed by atoms with Crippen LogP contribution in [-0.4, -0.2) is 56.6 Å². The van der Waals surface area contributed by atoms with Gasteiger partial charge in [0.05, 0.1) is 17.7 Å². The molecule has 1 fully saturated rings. The van der Waals surface area contributed by atoms with Crippen molar-refractivity contribution < 1.29 is 14.1 Å². The lowest BCUT2D eigenvalue weighted by atomic mass is 10.2. The van der Waals surface area contributed by atoms with Crippen LogP contribution in [0.2, 0.25) is 0 Å². The Hall–Kier alpha value is -2.68. The van der Waals surface area contributed by atoms with E-state index in [4.69, 9.17) is 4.42 Å². The van der Waals surface area contributed by atoms with Crippen molar-refractivity contribution in [2.75, 3.05) is 26.2 Å². The zero-order valence-corrected chi connectivity index (χ0v) is 14.3. The molecule has 0 aromatic carbocycles. The van der Waals surface area contributed by atoms with Gasteiger partial charge in [0.15, 0.2) is 0 Å². The van der Waals surface area contributed by atoms with E-state index >= 15 is 0 Å². The van der Waals surface area contributed by atoms with Gasteiger partial charge in [-0.15, -0.1) is 0 Å².